The fraction of sp³-hybridized carbons (Fsp3) is 0.500. The molecule has 19 heavy (non-hydrogen) atoms. The van der Waals surface area contributed by atoms with Crippen LogP contribution in [0, 0.1) is 13.8 Å². The normalized spacial score (nSPS) is 20.1. The van der Waals surface area contributed by atoms with E-state index in [-0.39, 0.29) is 0 Å². The molecule has 0 bridgehead atoms. The summed E-state index contributed by atoms with van der Waals surface area (Å²) in [6, 6.07) is 5.05. The number of aromatic nitrogens is 1. The number of rotatable bonds is 1. The summed E-state index contributed by atoms with van der Waals surface area (Å²) in [6.07, 6.45) is 3.86. The Bertz CT molecular complexity index is 621. The van der Waals surface area contributed by atoms with Crippen molar-refractivity contribution in [1.29, 1.82) is 0 Å². The van der Waals surface area contributed by atoms with Crippen LogP contribution >= 0.6 is 15.9 Å². The van der Waals surface area contributed by atoms with E-state index in [1.54, 1.807) is 0 Å². The second-order valence-corrected chi connectivity index (χ2v) is 6.53. The van der Waals surface area contributed by atoms with E-state index in [0.717, 1.165) is 6.54 Å². The van der Waals surface area contributed by atoms with Gasteiger partial charge in [0, 0.05) is 34.2 Å². The Labute approximate surface area is 123 Å². The standard InChI is InChI=1S/C16H21BrN2/c1-10-8-11(2)14-13(9-10)19(3)16(15(14)17)12-6-4-5-7-18-12/h8-9,12,18H,4-7H2,1-3H3. The molecule has 1 saturated heterocycles. The highest BCUT2D eigenvalue weighted by Crippen LogP contribution is 2.38. The summed E-state index contributed by atoms with van der Waals surface area (Å²) in [5.41, 5.74) is 5.44. The minimum Gasteiger partial charge on any atom is -0.345 e. The van der Waals surface area contributed by atoms with Gasteiger partial charge in [0.15, 0.2) is 0 Å². The topological polar surface area (TPSA) is 17.0 Å². The van der Waals surface area contributed by atoms with E-state index in [9.17, 15) is 0 Å². The lowest BCUT2D eigenvalue weighted by Gasteiger charge is -2.24. The lowest BCUT2D eigenvalue weighted by atomic mass is 10.0. The van der Waals surface area contributed by atoms with Crippen molar-refractivity contribution >= 4 is 26.8 Å². The van der Waals surface area contributed by atoms with Crippen LogP contribution in [0.25, 0.3) is 10.9 Å². The van der Waals surface area contributed by atoms with Gasteiger partial charge in [0.1, 0.15) is 0 Å². The minimum absolute atomic E-state index is 0.486. The largest absolute Gasteiger partial charge is 0.345 e. The molecule has 1 aliphatic heterocycles. The molecule has 2 heterocycles. The van der Waals surface area contributed by atoms with Crippen LogP contribution in [0.1, 0.15) is 42.1 Å². The first-order valence-electron chi connectivity index (χ1n) is 7.08. The van der Waals surface area contributed by atoms with Crippen LogP contribution in [-0.2, 0) is 7.05 Å². The van der Waals surface area contributed by atoms with Crippen molar-refractivity contribution < 1.29 is 0 Å². The molecule has 0 saturated carbocycles. The Morgan fingerprint density at radius 1 is 1.26 bits per heavy atom. The average Bonchev–Trinajstić information content (AvgIpc) is 2.62. The average molecular weight is 321 g/mol. The molecular formula is C16H21BrN2. The second-order valence-electron chi connectivity index (χ2n) is 5.74. The summed E-state index contributed by atoms with van der Waals surface area (Å²) >= 11 is 3.85. The summed E-state index contributed by atoms with van der Waals surface area (Å²) in [5, 5.41) is 5.03. The van der Waals surface area contributed by atoms with Crippen molar-refractivity contribution in [2.45, 2.75) is 39.2 Å². The first-order chi connectivity index (χ1) is 9.09. The van der Waals surface area contributed by atoms with Crippen molar-refractivity contribution in [3.8, 4) is 0 Å². The van der Waals surface area contributed by atoms with Crippen molar-refractivity contribution in [1.82, 2.24) is 9.88 Å². The number of aryl methyl sites for hydroxylation is 3. The maximum atomic E-state index is 3.85. The van der Waals surface area contributed by atoms with Crippen LogP contribution in [0.15, 0.2) is 16.6 Å². The zero-order valence-corrected chi connectivity index (χ0v) is 13.5. The van der Waals surface area contributed by atoms with Gasteiger partial charge in [-0.2, -0.15) is 0 Å². The molecule has 0 aliphatic carbocycles. The molecule has 1 N–H and O–H groups in total. The van der Waals surface area contributed by atoms with Crippen LogP contribution in [0.4, 0.5) is 0 Å². The third kappa shape index (κ3) is 2.13. The van der Waals surface area contributed by atoms with E-state index in [1.165, 1.54) is 51.5 Å². The van der Waals surface area contributed by atoms with Crippen molar-refractivity contribution in [2.24, 2.45) is 7.05 Å². The van der Waals surface area contributed by atoms with Crippen LogP contribution in [-0.4, -0.2) is 11.1 Å². The summed E-state index contributed by atoms with van der Waals surface area (Å²) in [4.78, 5) is 0. The quantitative estimate of drug-likeness (QED) is 0.825. The fourth-order valence-electron chi connectivity index (χ4n) is 3.37. The lowest BCUT2D eigenvalue weighted by molar-refractivity contribution is 0.398. The predicted octanol–water partition coefficient (Wildman–Crippen LogP) is 4.37. The van der Waals surface area contributed by atoms with Gasteiger partial charge in [0.05, 0.1) is 0 Å². The predicted molar refractivity (Wildman–Crippen MR) is 84.7 cm³/mol. The van der Waals surface area contributed by atoms with Crippen LogP contribution in [0.5, 0.6) is 0 Å². The van der Waals surface area contributed by atoms with Gasteiger partial charge >= 0.3 is 0 Å². The maximum Gasteiger partial charge on any atom is 0.0499 e. The number of halogens is 1. The van der Waals surface area contributed by atoms with Gasteiger partial charge in [-0.1, -0.05) is 12.5 Å². The number of hydrogen-bond donors (Lipinski definition) is 1. The van der Waals surface area contributed by atoms with Gasteiger partial charge in [0.25, 0.3) is 0 Å². The minimum atomic E-state index is 0.486. The summed E-state index contributed by atoms with van der Waals surface area (Å²) in [6.45, 7) is 5.51. The smallest absolute Gasteiger partial charge is 0.0499 e. The molecular weight excluding hydrogens is 300 g/mol. The van der Waals surface area contributed by atoms with E-state index >= 15 is 0 Å². The maximum absolute atomic E-state index is 3.85. The van der Waals surface area contributed by atoms with Crippen LogP contribution in [0.2, 0.25) is 0 Å². The molecule has 3 rings (SSSR count). The Balaban J connectivity index is 2.22. The van der Waals surface area contributed by atoms with E-state index < -0.39 is 0 Å². The number of piperidine rings is 1. The Morgan fingerprint density at radius 3 is 2.74 bits per heavy atom. The van der Waals surface area contributed by atoms with E-state index in [2.05, 4.69) is 58.8 Å². The number of hydrogen-bond acceptors (Lipinski definition) is 1. The van der Waals surface area contributed by atoms with Gasteiger partial charge < -0.3 is 9.88 Å². The van der Waals surface area contributed by atoms with E-state index in [4.69, 9.17) is 0 Å². The second kappa shape index (κ2) is 4.95. The molecule has 1 fully saturated rings. The fourth-order valence-corrected chi connectivity index (χ4v) is 4.43. The van der Waals surface area contributed by atoms with Crippen LogP contribution in [0.3, 0.4) is 0 Å². The van der Waals surface area contributed by atoms with Gasteiger partial charge in [-0.15, -0.1) is 0 Å². The zero-order valence-electron chi connectivity index (χ0n) is 11.9. The van der Waals surface area contributed by atoms with Crippen LogP contribution < -0.4 is 5.32 Å². The third-order valence-electron chi connectivity index (χ3n) is 4.27. The summed E-state index contributed by atoms with van der Waals surface area (Å²) in [7, 11) is 2.19. The lowest BCUT2D eigenvalue weighted by Crippen LogP contribution is -2.28. The third-order valence-corrected chi connectivity index (χ3v) is 5.07. The molecule has 3 heteroatoms. The van der Waals surface area contributed by atoms with Crippen molar-refractivity contribution in [3.05, 3.63) is 33.4 Å². The van der Waals surface area contributed by atoms with Gasteiger partial charge in [-0.25, -0.2) is 0 Å². The highest BCUT2D eigenvalue weighted by Gasteiger charge is 2.23. The number of nitrogens with zero attached hydrogens (tertiary/aromatic N) is 1. The molecule has 0 spiro atoms. The van der Waals surface area contributed by atoms with Gasteiger partial charge in [0.2, 0.25) is 0 Å². The van der Waals surface area contributed by atoms with Gasteiger partial charge in [-0.3, -0.25) is 0 Å². The SMILES string of the molecule is Cc1cc(C)c2c(Br)c(C3CCCCN3)n(C)c2c1. The zero-order chi connectivity index (χ0) is 13.6. The highest BCUT2D eigenvalue weighted by molar-refractivity contribution is 9.10. The number of benzene rings is 1. The molecule has 2 nitrogen and oxygen atoms in total. The molecule has 0 amide bonds. The molecule has 1 unspecified atom stereocenters. The highest BCUT2D eigenvalue weighted by atomic mass is 79.9. The molecule has 102 valence electrons. The van der Waals surface area contributed by atoms with E-state index in [0.29, 0.717) is 6.04 Å². The summed E-state index contributed by atoms with van der Waals surface area (Å²) in [5.74, 6) is 0. The molecule has 0 radical (unpaired) electrons. The summed E-state index contributed by atoms with van der Waals surface area (Å²) < 4.78 is 3.64. The monoisotopic (exact) mass is 320 g/mol. The van der Waals surface area contributed by atoms with Crippen molar-refractivity contribution in [3.63, 3.8) is 0 Å². The first-order valence-corrected chi connectivity index (χ1v) is 7.87. The number of nitrogens with one attached hydrogen (secondary N) is 1. The Kier molecular flexibility index (Phi) is 3.44. The Morgan fingerprint density at radius 2 is 2.05 bits per heavy atom. The van der Waals surface area contributed by atoms with Gasteiger partial charge in [-0.05, 0) is 66.4 Å². The molecule has 1 aliphatic rings. The number of fused-ring (bicyclic) bond motifs is 1. The molecule has 2 aromatic rings. The first kappa shape index (κ1) is 13.2. The Hall–Kier alpha value is -0.800. The molecule has 1 atom stereocenters. The van der Waals surface area contributed by atoms with E-state index in [1.807, 2.05) is 0 Å². The molecule has 1 aromatic heterocycles. The van der Waals surface area contributed by atoms with Crippen molar-refractivity contribution in [2.75, 3.05) is 6.54 Å². The molecule has 1 aromatic carbocycles.